The average molecular weight is 334 g/mol. The molecule has 1 aliphatic heterocycles. The van der Waals surface area contributed by atoms with Gasteiger partial charge < -0.3 is 10.1 Å². The number of methoxy groups -OCH3 is 1. The molecule has 0 spiro atoms. The summed E-state index contributed by atoms with van der Waals surface area (Å²) in [6, 6.07) is 16.1. The van der Waals surface area contributed by atoms with E-state index in [0.29, 0.717) is 5.70 Å². The molecule has 2 aromatic rings. The van der Waals surface area contributed by atoms with Crippen molar-refractivity contribution in [1.29, 1.82) is 0 Å². The smallest absolute Gasteiger partial charge is 0.275 e. The highest BCUT2D eigenvalue weighted by molar-refractivity contribution is 6.14. The molecule has 1 amide bonds. The third kappa shape index (κ3) is 4.15. The molecule has 4 nitrogen and oxygen atoms in total. The van der Waals surface area contributed by atoms with Crippen molar-refractivity contribution in [3.63, 3.8) is 0 Å². The number of benzene rings is 2. The van der Waals surface area contributed by atoms with Crippen LogP contribution in [0, 0.1) is 0 Å². The highest BCUT2D eigenvalue weighted by Crippen LogP contribution is 2.22. The van der Waals surface area contributed by atoms with Crippen LogP contribution in [-0.2, 0) is 17.6 Å². The van der Waals surface area contributed by atoms with E-state index in [0.717, 1.165) is 42.0 Å². The maximum Gasteiger partial charge on any atom is 0.275 e. The van der Waals surface area contributed by atoms with Crippen molar-refractivity contribution < 1.29 is 9.53 Å². The van der Waals surface area contributed by atoms with Crippen LogP contribution in [0.25, 0.3) is 6.08 Å². The Labute approximate surface area is 148 Å². The predicted octanol–water partition coefficient (Wildman–Crippen LogP) is 3.76. The lowest BCUT2D eigenvalue weighted by atomic mass is 10.1. The molecule has 4 heteroatoms. The predicted molar refractivity (Wildman–Crippen MR) is 101 cm³/mol. The number of nitrogens with one attached hydrogen (secondary N) is 1. The van der Waals surface area contributed by atoms with E-state index < -0.39 is 0 Å². The normalized spacial score (nSPS) is 15.2. The SMILES string of the molecule is CCc1cc(/C=C2/N=C(CCc3ccccc3)NC2=O)ccc1OC. The maximum absolute atomic E-state index is 12.2. The van der Waals surface area contributed by atoms with Gasteiger partial charge in [0.1, 0.15) is 17.3 Å². The molecule has 0 saturated carbocycles. The van der Waals surface area contributed by atoms with Crippen molar-refractivity contribution in [2.24, 2.45) is 4.99 Å². The molecule has 0 aromatic heterocycles. The Balaban J connectivity index is 1.74. The van der Waals surface area contributed by atoms with E-state index in [1.54, 1.807) is 7.11 Å². The summed E-state index contributed by atoms with van der Waals surface area (Å²) >= 11 is 0. The zero-order chi connectivity index (χ0) is 17.6. The molecule has 0 atom stereocenters. The van der Waals surface area contributed by atoms with Gasteiger partial charge in [0.15, 0.2) is 0 Å². The summed E-state index contributed by atoms with van der Waals surface area (Å²) < 4.78 is 5.35. The molecular weight excluding hydrogens is 312 g/mol. The van der Waals surface area contributed by atoms with E-state index in [2.05, 4.69) is 29.4 Å². The molecule has 1 heterocycles. The highest BCUT2D eigenvalue weighted by atomic mass is 16.5. The van der Waals surface area contributed by atoms with Gasteiger partial charge in [-0.3, -0.25) is 4.79 Å². The van der Waals surface area contributed by atoms with E-state index in [4.69, 9.17) is 4.74 Å². The number of aryl methyl sites for hydroxylation is 2. The number of nitrogens with zero attached hydrogens (tertiary/aromatic N) is 1. The number of hydrogen-bond donors (Lipinski definition) is 1. The zero-order valence-corrected chi connectivity index (χ0v) is 14.6. The number of aliphatic imine (C=N–C) groups is 1. The van der Waals surface area contributed by atoms with Crippen molar-refractivity contribution >= 4 is 17.8 Å². The van der Waals surface area contributed by atoms with Gasteiger partial charge in [0.25, 0.3) is 5.91 Å². The summed E-state index contributed by atoms with van der Waals surface area (Å²) in [4.78, 5) is 16.6. The van der Waals surface area contributed by atoms with Crippen LogP contribution in [0.1, 0.15) is 30.0 Å². The van der Waals surface area contributed by atoms with E-state index in [-0.39, 0.29) is 5.91 Å². The minimum Gasteiger partial charge on any atom is -0.496 e. The Kier molecular flexibility index (Phi) is 5.29. The summed E-state index contributed by atoms with van der Waals surface area (Å²) in [6.45, 7) is 2.08. The van der Waals surface area contributed by atoms with Crippen LogP contribution in [0.4, 0.5) is 0 Å². The van der Waals surface area contributed by atoms with Crippen molar-refractivity contribution in [2.45, 2.75) is 26.2 Å². The Bertz CT molecular complexity index is 823. The first-order chi connectivity index (χ1) is 12.2. The van der Waals surface area contributed by atoms with Gasteiger partial charge in [0.2, 0.25) is 0 Å². The highest BCUT2D eigenvalue weighted by Gasteiger charge is 2.19. The summed E-state index contributed by atoms with van der Waals surface area (Å²) in [5.41, 5.74) is 3.76. The quantitative estimate of drug-likeness (QED) is 0.818. The van der Waals surface area contributed by atoms with E-state index in [1.165, 1.54) is 5.56 Å². The van der Waals surface area contributed by atoms with Gasteiger partial charge >= 0.3 is 0 Å². The van der Waals surface area contributed by atoms with E-state index in [1.807, 2.05) is 42.5 Å². The molecule has 3 rings (SSSR count). The number of carbonyl (C=O) groups is 1. The second-order valence-corrected chi connectivity index (χ2v) is 5.95. The molecule has 0 unspecified atom stereocenters. The Hall–Kier alpha value is -2.88. The minimum absolute atomic E-state index is 0.142. The Morgan fingerprint density at radius 1 is 1.12 bits per heavy atom. The van der Waals surface area contributed by atoms with Crippen LogP contribution < -0.4 is 10.1 Å². The number of rotatable bonds is 6. The maximum atomic E-state index is 12.2. The first-order valence-electron chi connectivity index (χ1n) is 8.51. The molecule has 2 aromatic carbocycles. The molecule has 25 heavy (non-hydrogen) atoms. The Morgan fingerprint density at radius 3 is 2.64 bits per heavy atom. The summed E-state index contributed by atoms with van der Waals surface area (Å²) in [7, 11) is 1.67. The van der Waals surface area contributed by atoms with Gasteiger partial charge in [-0.2, -0.15) is 0 Å². The van der Waals surface area contributed by atoms with Crippen LogP contribution in [0.15, 0.2) is 59.2 Å². The van der Waals surface area contributed by atoms with Crippen LogP contribution in [0.3, 0.4) is 0 Å². The van der Waals surface area contributed by atoms with Crippen LogP contribution in [-0.4, -0.2) is 18.9 Å². The minimum atomic E-state index is -0.142. The fraction of sp³-hybridized carbons (Fsp3) is 0.238. The molecule has 0 saturated heterocycles. The lowest BCUT2D eigenvalue weighted by molar-refractivity contribution is -0.115. The molecule has 0 radical (unpaired) electrons. The van der Waals surface area contributed by atoms with Gasteiger partial charge in [-0.1, -0.05) is 43.3 Å². The third-order valence-corrected chi connectivity index (χ3v) is 4.23. The number of amides is 1. The molecule has 128 valence electrons. The summed E-state index contributed by atoms with van der Waals surface area (Å²) in [5.74, 6) is 1.45. The summed E-state index contributed by atoms with van der Waals surface area (Å²) in [6.07, 6.45) is 4.27. The van der Waals surface area contributed by atoms with Crippen LogP contribution in [0.2, 0.25) is 0 Å². The third-order valence-electron chi connectivity index (χ3n) is 4.23. The Morgan fingerprint density at radius 2 is 1.92 bits per heavy atom. The van der Waals surface area contributed by atoms with Crippen molar-refractivity contribution in [1.82, 2.24) is 5.32 Å². The van der Waals surface area contributed by atoms with Gasteiger partial charge in [-0.25, -0.2) is 4.99 Å². The van der Waals surface area contributed by atoms with Gasteiger partial charge in [0, 0.05) is 6.42 Å². The van der Waals surface area contributed by atoms with E-state index >= 15 is 0 Å². The van der Waals surface area contributed by atoms with Gasteiger partial charge in [-0.15, -0.1) is 0 Å². The zero-order valence-electron chi connectivity index (χ0n) is 14.6. The monoisotopic (exact) mass is 334 g/mol. The first-order valence-corrected chi connectivity index (χ1v) is 8.51. The van der Waals surface area contributed by atoms with E-state index in [9.17, 15) is 4.79 Å². The number of amidine groups is 1. The molecule has 0 bridgehead atoms. The standard InChI is InChI=1S/C21H22N2O2/c1-3-17-13-16(9-11-19(17)25-2)14-18-21(24)23-20(22-18)12-10-15-7-5-4-6-8-15/h4-9,11,13-14H,3,10,12H2,1-2H3,(H,22,23,24)/b18-14+. The van der Waals surface area contributed by atoms with Crippen molar-refractivity contribution in [3.05, 3.63) is 70.9 Å². The lowest BCUT2D eigenvalue weighted by Gasteiger charge is -2.07. The first kappa shape index (κ1) is 17.0. The lowest BCUT2D eigenvalue weighted by Crippen LogP contribution is -2.24. The number of ether oxygens (including phenoxy) is 1. The van der Waals surface area contributed by atoms with Gasteiger partial charge in [0.05, 0.1) is 7.11 Å². The molecule has 1 N–H and O–H groups in total. The van der Waals surface area contributed by atoms with Gasteiger partial charge in [-0.05, 0) is 47.7 Å². The fourth-order valence-electron chi connectivity index (χ4n) is 2.87. The van der Waals surface area contributed by atoms with Crippen LogP contribution in [0.5, 0.6) is 5.75 Å². The fourth-order valence-corrected chi connectivity index (χ4v) is 2.87. The molecule has 0 fully saturated rings. The molecule has 0 aliphatic carbocycles. The van der Waals surface area contributed by atoms with Crippen molar-refractivity contribution in [3.8, 4) is 5.75 Å². The topological polar surface area (TPSA) is 50.7 Å². The van der Waals surface area contributed by atoms with Crippen LogP contribution >= 0.6 is 0 Å². The molecular formula is C21H22N2O2. The number of carbonyl (C=O) groups excluding carboxylic acids is 1. The molecule has 1 aliphatic rings. The second kappa shape index (κ2) is 7.79. The second-order valence-electron chi connectivity index (χ2n) is 5.95. The largest absolute Gasteiger partial charge is 0.496 e. The summed E-state index contributed by atoms with van der Waals surface area (Å²) in [5, 5.41) is 2.86. The van der Waals surface area contributed by atoms with Crippen molar-refractivity contribution in [2.75, 3.05) is 7.11 Å². The number of hydrogen-bond acceptors (Lipinski definition) is 3. The average Bonchev–Trinajstić information content (AvgIpc) is 3.00.